The predicted molar refractivity (Wildman–Crippen MR) is 52.5 cm³/mol. The lowest BCUT2D eigenvalue weighted by Gasteiger charge is -1.94. The van der Waals surface area contributed by atoms with E-state index >= 15 is 0 Å². The van der Waals surface area contributed by atoms with Crippen molar-refractivity contribution in [2.45, 2.75) is 0 Å². The second-order valence-electron chi connectivity index (χ2n) is 2.24. The van der Waals surface area contributed by atoms with Crippen molar-refractivity contribution in [2.24, 2.45) is 0 Å². The van der Waals surface area contributed by atoms with E-state index in [2.05, 4.69) is 42.9 Å². The van der Waals surface area contributed by atoms with Gasteiger partial charge in [0.15, 0.2) is 0 Å². The average Bonchev–Trinajstić information content (AvgIpc) is 2.36. The first kappa shape index (κ1) is 7.37. The van der Waals surface area contributed by atoms with E-state index in [-0.39, 0.29) is 0 Å². The Kier molecular flexibility index (Phi) is 1.77. The molecule has 0 saturated carbocycles. The van der Waals surface area contributed by atoms with Gasteiger partial charge < -0.3 is 4.98 Å². The molecule has 2 aromatic rings. The SMILES string of the molecule is Brc1cc2[c]c[nH]c2cc1Br. The first-order valence-corrected chi connectivity index (χ1v) is 4.70. The second kappa shape index (κ2) is 2.64. The maximum atomic E-state index is 3.42. The number of aromatic amines is 1. The van der Waals surface area contributed by atoms with Crippen molar-refractivity contribution in [3.63, 3.8) is 0 Å². The van der Waals surface area contributed by atoms with Gasteiger partial charge in [-0.05, 0) is 44.0 Å². The third-order valence-corrected chi connectivity index (χ3v) is 3.36. The van der Waals surface area contributed by atoms with Gasteiger partial charge in [0, 0.05) is 32.1 Å². The van der Waals surface area contributed by atoms with Crippen LogP contribution in [0.2, 0.25) is 0 Å². The van der Waals surface area contributed by atoms with Crippen LogP contribution >= 0.6 is 31.9 Å². The fraction of sp³-hybridized carbons (Fsp3) is 0. The monoisotopic (exact) mass is 272 g/mol. The molecule has 1 N–H and O–H groups in total. The van der Waals surface area contributed by atoms with E-state index in [1.165, 1.54) is 0 Å². The number of halogens is 2. The lowest BCUT2D eigenvalue weighted by Crippen LogP contribution is -1.70. The summed E-state index contributed by atoms with van der Waals surface area (Å²) < 4.78 is 2.11. The molecule has 55 valence electrons. The van der Waals surface area contributed by atoms with Crippen molar-refractivity contribution in [3.05, 3.63) is 33.3 Å². The van der Waals surface area contributed by atoms with E-state index in [9.17, 15) is 0 Å². The smallest absolute Gasteiger partial charge is 0.0472 e. The molecule has 0 aliphatic rings. The van der Waals surface area contributed by atoms with E-state index in [0.29, 0.717) is 0 Å². The lowest BCUT2D eigenvalue weighted by molar-refractivity contribution is 1.47. The molecule has 1 nitrogen and oxygen atoms in total. The van der Waals surface area contributed by atoms with E-state index < -0.39 is 0 Å². The van der Waals surface area contributed by atoms with Crippen LogP contribution in [-0.2, 0) is 0 Å². The highest BCUT2D eigenvalue weighted by molar-refractivity contribution is 9.13. The zero-order valence-corrected chi connectivity index (χ0v) is 8.66. The molecule has 0 amide bonds. The molecule has 0 spiro atoms. The van der Waals surface area contributed by atoms with Crippen LogP contribution in [0.4, 0.5) is 0 Å². The summed E-state index contributed by atoms with van der Waals surface area (Å²) in [6, 6.07) is 7.13. The molecular weight excluding hydrogens is 270 g/mol. The zero-order valence-electron chi connectivity index (χ0n) is 5.49. The van der Waals surface area contributed by atoms with Gasteiger partial charge >= 0.3 is 0 Å². The van der Waals surface area contributed by atoms with Crippen LogP contribution in [0.15, 0.2) is 27.3 Å². The van der Waals surface area contributed by atoms with Crippen LogP contribution in [0.3, 0.4) is 0 Å². The normalized spacial score (nSPS) is 10.7. The van der Waals surface area contributed by atoms with Gasteiger partial charge in [-0.3, -0.25) is 0 Å². The Labute approximate surface area is 81.1 Å². The third kappa shape index (κ3) is 1.23. The number of hydrogen-bond donors (Lipinski definition) is 1. The van der Waals surface area contributed by atoms with Crippen molar-refractivity contribution in [2.75, 3.05) is 0 Å². The highest BCUT2D eigenvalue weighted by Crippen LogP contribution is 2.27. The molecule has 1 aromatic heterocycles. The van der Waals surface area contributed by atoms with Gasteiger partial charge in [0.25, 0.3) is 0 Å². The summed E-state index contributed by atoms with van der Waals surface area (Å²) in [5, 5.41) is 1.10. The minimum Gasteiger partial charge on any atom is -0.361 e. The Morgan fingerprint density at radius 2 is 1.91 bits per heavy atom. The highest BCUT2D eigenvalue weighted by atomic mass is 79.9. The number of H-pyrrole nitrogens is 1. The van der Waals surface area contributed by atoms with E-state index in [0.717, 1.165) is 19.8 Å². The van der Waals surface area contributed by atoms with Gasteiger partial charge in [-0.1, -0.05) is 0 Å². The standard InChI is InChI=1S/C8H4Br2N/c9-6-3-5-1-2-11-8(5)4-7(6)10/h2-4,11H. The number of fused-ring (bicyclic) bond motifs is 1. The molecule has 3 heteroatoms. The number of nitrogens with one attached hydrogen (secondary N) is 1. The molecule has 11 heavy (non-hydrogen) atoms. The summed E-state index contributed by atoms with van der Waals surface area (Å²) in [5.41, 5.74) is 1.10. The van der Waals surface area contributed by atoms with Gasteiger partial charge in [0.05, 0.1) is 0 Å². The topological polar surface area (TPSA) is 15.8 Å². The number of aromatic nitrogens is 1. The van der Waals surface area contributed by atoms with Crippen molar-refractivity contribution < 1.29 is 0 Å². The minimum absolute atomic E-state index is 1.06. The summed E-state index contributed by atoms with van der Waals surface area (Å²) in [7, 11) is 0. The number of benzene rings is 1. The Morgan fingerprint density at radius 3 is 2.73 bits per heavy atom. The van der Waals surface area contributed by atoms with Crippen LogP contribution in [0.5, 0.6) is 0 Å². The van der Waals surface area contributed by atoms with Gasteiger partial charge in [-0.15, -0.1) is 0 Å². The molecular formula is C8H4Br2N. The summed E-state index contributed by atoms with van der Waals surface area (Å²) in [5.74, 6) is 0. The van der Waals surface area contributed by atoms with Gasteiger partial charge in [0.2, 0.25) is 0 Å². The molecule has 0 aliphatic heterocycles. The Bertz CT molecular complexity index is 356. The molecule has 0 bridgehead atoms. The summed E-state index contributed by atoms with van der Waals surface area (Å²) in [6.45, 7) is 0. The van der Waals surface area contributed by atoms with Gasteiger partial charge in [-0.2, -0.15) is 0 Å². The van der Waals surface area contributed by atoms with Crippen LogP contribution < -0.4 is 0 Å². The fourth-order valence-corrected chi connectivity index (χ4v) is 1.66. The molecule has 2 rings (SSSR count). The van der Waals surface area contributed by atoms with Gasteiger partial charge in [-0.25, -0.2) is 0 Å². The Morgan fingerprint density at radius 1 is 1.18 bits per heavy atom. The Hall–Kier alpha value is -0.280. The summed E-state index contributed by atoms with van der Waals surface area (Å²) in [6.07, 6.45) is 1.81. The van der Waals surface area contributed by atoms with Crippen molar-refractivity contribution >= 4 is 42.8 Å². The van der Waals surface area contributed by atoms with E-state index in [4.69, 9.17) is 0 Å². The van der Waals surface area contributed by atoms with Crippen LogP contribution in [-0.4, -0.2) is 4.98 Å². The molecule has 0 unspecified atom stereocenters. The second-order valence-corrected chi connectivity index (χ2v) is 3.95. The molecule has 1 heterocycles. The first-order chi connectivity index (χ1) is 5.27. The molecule has 0 atom stereocenters. The zero-order chi connectivity index (χ0) is 7.84. The first-order valence-electron chi connectivity index (χ1n) is 3.11. The van der Waals surface area contributed by atoms with Crippen LogP contribution in [0.1, 0.15) is 0 Å². The van der Waals surface area contributed by atoms with E-state index in [1.54, 1.807) is 0 Å². The summed E-state index contributed by atoms with van der Waals surface area (Å²) >= 11 is 6.84. The number of rotatable bonds is 0. The van der Waals surface area contributed by atoms with E-state index in [1.807, 2.05) is 18.3 Å². The van der Waals surface area contributed by atoms with Crippen molar-refractivity contribution in [1.29, 1.82) is 0 Å². The maximum absolute atomic E-state index is 3.42. The summed E-state index contributed by atoms with van der Waals surface area (Å²) in [4.78, 5) is 3.08. The van der Waals surface area contributed by atoms with Crippen LogP contribution in [0, 0.1) is 6.07 Å². The Balaban J connectivity index is 2.86. The third-order valence-electron chi connectivity index (χ3n) is 1.52. The number of hydrogen-bond acceptors (Lipinski definition) is 0. The molecule has 0 aliphatic carbocycles. The minimum atomic E-state index is 1.06. The molecule has 0 saturated heterocycles. The quantitative estimate of drug-likeness (QED) is 0.756. The maximum Gasteiger partial charge on any atom is 0.0472 e. The largest absolute Gasteiger partial charge is 0.361 e. The average molecular weight is 274 g/mol. The molecule has 1 aromatic carbocycles. The van der Waals surface area contributed by atoms with Gasteiger partial charge in [0.1, 0.15) is 0 Å². The highest BCUT2D eigenvalue weighted by Gasteiger charge is 1.99. The van der Waals surface area contributed by atoms with Crippen molar-refractivity contribution in [1.82, 2.24) is 4.98 Å². The van der Waals surface area contributed by atoms with Crippen LogP contribution in [0.25, 0.3) is 10.9 Å². The molecule has 0 fully saturated rings. The lowest BCUT2D eigenvalue weighted by atomic mass is 10.3. The fourth-order valence-electron chi connectivity index (χ4n) is 0.977. The predicted octanol–water partition coefficient (Wildman–Crippen LogP) is 3.49. The molecule has 1 radical (unpaired) electrons. The van der Waals surface area contributed by atoms with Crippen molar-refractivity contribution in [3.8, 4) is 0 Å².